The first-order valence-electron chi connectivity index (χ1n) is 13.3. The van der Waals surface area contributed by atoms with Crippen molar-refractivity contribution in [2.24, 2.45) is 0 Å². The SMILES string of the molecule is O=C(NC1CCCC1)[C@H](c1ccc(F)cc1)N(C(=O)c1ccc(CN2CCCCC2)o1)c1ccccc1. The van der Waals surface area contributed by atoms with Gasteiger partial charge in [0.25, 0.3) is 5.91 Å². The largest absolute Gasteiger partial charge is 0.455 e. The van der Waals surface area contributed by atoms with E-state index in [0.717, 1.165) is 44.5 Å². The Bertz CT molecular complexity index is 1180. The second-order valence-corrected chi connectivity index (χ2v) is 10.1. The van der Waals surface area contributed by atoms with Crippen molar-refractivity contribution < 1.29 is 18.4 Å². The van der Waals surface area contributed by atoms with Gasteiger partial charge in [-0.15, -0.1) is 0 Å². The van der Waals surface area contributed by atoms with E-state index in [1.807, 2.05) is 24.3 Å². The first-order chi connectivity index (χ1) is 18.1. The minimum Gasteiger partial charge on any atom is -0.455 e. The van der Waals surface area contributed by atoms with Crippen LogP contribution in [0.5, 0.6) is 0 Å². The number of piperidine rings is 1. The summed E-state index contributed by atoms with van der Waals surface area (Å²) < 4.78 is 19.9. The highest BCUT2D eigenvalue weighted by Crippen LogP contribution is 2.31. The Morgan fingerprint density at radius 2 is 1.62 bits per heavy atom. The lowest BCUT2D eigenvalue weighted by Gasteiger charge is -2.31. The van der Waals surface area contributed by atoms with Crippen LogP contribution in [0.15, 0.2) is 71.1 Å². The summed E-state index contributed by atoms with van der Waals surface area (Å²) in [5.74, 6) is -0.184. The van der Waals surface area contributed by atoms with Gasteiger partial charge in [0.15, 0.2) is 5.76 Å². The van der Waals surface area contributed by atoms with Crippen LogP contribution in [-0.4, -0.2) is 35.8 Å². The lowest BCUT2D eigenvalue weighted by atomic mass is 10.0. The zero-order chi connectivity index (χ0) is 25.6. The van der Waals surface area contributed by atoms with E-state index in [0.29, 0.717) is 17.8 Å². The molecule has 1 atom stereocenters. The van der Waals surface area contributed by atoms with Crippen LogP contribution in [0.25, 0.3) is 0 Å². The van der Waals surface area contributed by atoms with E-state index in [9.17, 15) is 14.0 Å². The molecule has 0 unspecified atom stereocenters. The summed E-state index contributed by atoms with van der Waals surface area (Å²) in [5, 5.41) is 3.14. The number of furan rings is 1. The maximum absolute atomic E-state index is 14.0. The summed E-state index contributed by atoms with van der Waals surface area (Å²) >= 11 is 0. The van der Waals surface area contributed by atoms with E-state index in [-0.39, 0.29) is 17.7 Å². The van der Waals surface area contributed by atoms with Crippen LogP contribution in [0.3, 0.4) is 0 Å². The van der Waals surface area contributed by atoms with Crippen molar-refractivity contribution in [3.05, 3.63) is 89.6 Å². The number of benzene rings is 2. The zero-order valence-electron chi connectivity index (χ0n) is 21.1. The number of nitrogens with one attached hydrogen (secondary N) is 1. The Morgan fingerprint density at radius 3 is 2.32 bits per heavy atom. The highest BCUT2D eigenvalue weighted by Gasteiger charge is 2.36. The molecule has 5 rings (SSSR count). The van der Waals surface area contributed by atoms with Crippen LogP contribution in [-0.2, 0) is 11.3 Å². The first-order valence-corrected chi connectivity index (χ1v) is 13.3. The summed E-state index contributed by atoms with van der Waals surface area (Å²) in [6, 6.07) is 17.5. The van der Waals surface area contributed by atoms with Crippen LogP contribution in [0.4, 0.5) is 10.1 Å². The van der Waals surface area contributed by atoms with Crippen LogP contribution in [0.1, 0.15) is 72.9 Å². The van der Waals surface area contributed by atoms with E-state index < -0.39 is 17.8 Å². The van der Waals surface area contributed by atoms with Crippen LogP contribution in [0.2, 0.25) is 0 Å². The molecule has 0 radical (unpaired) electrons. The average Bonchev–Trinajstić information content (AvgIpc) is 3.61. The monoisotopic (exact) mass is 503 g/mol. The van der Waals surface area contributed by atoms with Crippen molar-refractivity contribution in [1.82, 2.24) is 10.2 Å². The van der Waals surface area contributed by atoms with Gasteiger partial charge in [-0.05, 0) is 80.7 Å². The Labute approximate surface area is 217 Å². The molecular formula is C30H34FN3O3. The number of carbonyl (C=O) groups excluding carboxylic acids is 2. The van der Waals surface area contributed by atoms with Gasteiger partial charge >= 0.3 is 0 Å². The number of hydrogen-bond acceptors (Lipinski definition) is 4. The molecule has 1 aromatic heterocycles. The standard InChI is InChI=1S/C30H34FN3O3/c31-23-15-13-22(14-16-23)28(29(35)32-24-9-5-6-10-24)34(25-11-3-1-4-12-25)30(36)27-18-17-26(37-27)21-33-19-7-2-8-20-33/h1,3-4,11-18,24,28H,2,5-10,19-21H2,(H,32,35)/t28-/m0/s1. The molecule has 1 saturated carbocycles. The van der Waals surface area contributed by atoms with Crippen molar-refractivity contribution in [1.29, 1.82) is 0 Å². The third-order valence-electron chi connectivity index (χ3n) is 7.35. The van der Waals surface area contributed by atoms with E-state index in [2.05, 4.69) is 10.2 Å². The second-order valence-electron chi connectivity index (χ2n) is 10.1. The fraction of sp³-hybridized carbons (Fsp3) is 0.400. The highest BCUT2D eigenvalue weighted by molar-refractivity contribution is 6.08. The molecular weight excluding hydrogens is 469 g/mol. The van der Waals surface area contributed by atoms with Gasteiger partial charge < -0.3 is 9.73 Å². The van der Waals surface area contributed by atoms with Gasteiger partial charge in [-0.2, -0.15) is 0 Å². The highest BCUT2D eigenvalue weighted by atomic mass is 19.1. The molecule has 1 N–H and O–H groups in total. The third-order valence-corrected chi connectivity index (χ3v) is 7.35. The lowest BCUT2D eigenvalue weighted by Crippen LogP contribution is -2.46. The van der Waals surface area contributed by atoms with Gasteiger partial charge in [0.05, 0.1) is 6.54 Å². The Hall–Kier alpha value is -3.45. The van der Waals surface area contributed by atoms with Crippen molar-refractivity contribution >= 4 is 17.5 Å². The molecule has 2 aliphatic rings. The van der Waals surface area contributed by atoms with E-state index in [4.69, 9.17) is 4.42 Å². The molecule has 7 heteroatoms. The number of rotatable bonds is 8. The summed E-state index contributed by atoms with van der Waals surface area (Å²) in [6.45, 7) is 2.70. The van der Waals surface area contributed by atoms with E-state index in [1.165, 1.54) is 36.3 Å². The molecule has 6 nitrogen and oxygen atoms in total. The number of halogens is 1. The van der Waals surface area contributed by atoms with E-state index >= 15 is 0 Å². The first kappa shape index (κ1) is 25.2. The fourth-order valence-corrected chi connectivity index (χ4v) is 5.42. The third kappa shape index (κ3) is 6.10. The normalized spacial score (nSPS) is 17.4. The molecule has 1 aliphatic carbocycles. The Balaban J connectivity index is 1.48. The summed E-state index contributed by atoms with van der Waals surface area (Å²) in [4.78, 5) is 31.6. The molecule has 1 saturated heterocycles. The molecule has 0 spiro atoms. The van der Waals surface area contributed by atoms with Gasteiger partial charge in [-0.1, -0.05) is 49.6 Å². The van der Waals surface area contributed by atoms with Crippen LogP contribution >= 0.6 is 0 Å². The summed E-state index contributed by atoms with van der Waals surface area (Å²) in [6.07, 6.45) is 7.56. The number of amides is 2. The van der Waals surface area contributed by atoms with Gasteiger partial charge in [0, 0.05) is 11.7 Å². The molecule has 2 fully saturated rings. The number of carbonyl (C=O) groups is 2. The zero-order valence-corrected chi connectivity index (χ0v) is 21.1. The average molecular weight is 504 g/mol. The van der Waals surface area contributed by atoms with Crippen LogP contribution < -0.4 is 10.2 Å². The number of anilines is 1. The van der Waals surface area contributed by atoms with Gasteiger partial charge in [-0.25, -0.2) is 4.39 Å². The maximum atomic E-state index is 14.0. The predicted octanol–water partition coefficient (Wildman–Crippen LogP) is 5.85. The number of nitrogens with zero attached hydrogens (tertiary/aromatic N) is 2. The second kappa shape index (κ2) is 11.7. The van der Waals surface area contributed by atoms with Crippen molar-refractivity contribution in [3.8, 4) is 0 Å². The molecule has 2 aromatic carbocycles. The minimum absolute atomic E-state index is 0.0722. The molecule has 1 aliphatic heterocycles. The molecule has 0 bridgehead atoms. The Morgan fingerprint density at radius 1 is 0.919 bits per heavy atom. The smallest absolute Gasteiger partial charge is 0.294 e. The topological polar surface area (TPSA) is 65.8 Å². The van der Waals surface area contributed by atoms with Gasteiger partial charge in [-0.3, -0.25) is 19.4 Å². The molecule has 194 valence electrons. The molecule has 2 amide bonds. The number of hydrogen-bond donors (Lipinski definition) is 1. The van der Waals surface area contributed by atoms with Gasteiger partial charge in [0.1, 0.15) is 17.6 Å². The predicted molar refractivity (Wildman–Crippen MR) is 141 cm³/mol. The number of para-hydroxylation sites is 1. The van der Waals surface area contributed by atoms with E-state index in [1.54, 1.807) is 30.3 Å². The van der Waals surface area contributed by atoms with Gasteiger partial charge in [0.2, 0.25) is 5.91 Å². The minimum atomic E-state index is -0.980. The van der Waals surface area contributed by atoms with Crippen LogP contribution in [0, 0.1) is 5.82 Å². The van der Waals surface area contributed by atoms with Crippen molar-refractivity contribution in [2.75, 3.05) is 18.0 Å². The molecule has 3 aromatic rings. The quantitative estimate of drug-likeness (QED) is 0.419. The molecule has 2 heterocycles. The lowest BCUT2D eigenvalue weighted by molar-refractivity contribution is -0.123. The van der Waals surface area contributed by atoms with Crippen molar-refractivity contribution in [3.63, 3.8) is 0 Å². The maximum Gasteiger partial charge on any atom is 0.294 e. The van der Waals surface area contributed by atoms with Crippen molar-refractivity contribution in [2.45, 2.75) is 63.6 Å². The summed E-state index contributed by atoms with van der Waals surface area (Å²) in [7, 11) is 0. The summed E-state index contributed by atoms with van der Waals surface area (Å²) in [5.41, 5.74) is 1.10. The fourth-order valence-electron chi connectivity index (χ4n) is 5.42. The number of likely N-dealkylation sites (tertiary alicyclic amines) is 1. The molecule has 37 heavy (non-hydrogen) atoms. The Kier molecular flexibility index (Phi) is 7.99.